The monoisotopic (exact) mass is 297 g/mol. The van der Waals surface area contributed by atoms with E-state index in [9.17, 15) is 18.4 Å². The Morgan fingerprint density at radius 2 is 1.76 bits per heavy atom. The number of rotatable bonds is 4. The summed E-state index contributed by atoms with van der Waals surface area (Å²) in [5, 5.41) is 8.73. The highest BCUT2D eigenvalue weighted by molar-refractivity contribution is 5.79. The molecule has 1 N–H and O–H groups in total. The number of aliphatic carboxylic acids is 1. The third-order valence-corrected chi connectivity index (χ3v) is 3.82. The van der Waals surface area contributed by atoms with Crippen LogP contribution < -0.4 is 0 Å². The van der Waals surface area contributed by atoms with Crippen molar-refractivity contribution in [1.29, 1.82) is 0 Å². The van der Waals surface area contributed by atoms with Crippen molar-refractivity contribution in [3.8, 4) is 0 Å². The maximum Gasteiger partial charge on any atom is 0.303 e. The first kappa shape index (κ1) is 15.4. The van der Waals surface area contributed by atoms with Gasteiger partial charge in [0.1, 0.15) is 11.6 Å². The number of hydrogen-bond acceptors (Lipinski definition) is 2. The SMILES string of the molecule is O=C(O)CC1CCN(C(=O)Cc2c(F)cccc2F)CC1. The first-order valence-corrected chi connectivity index (χ1v) is 6.90. The van der Waals surface area contributed by atoms with E-state index in [2.05, 4.69) is 0 Å². The Morgan fingerprint density at radius 1 is 1.19 bits per heavy atom. The molecule has 0 spiro atoms. The van der Waals surface area contributed by atoms with Crippen molar-refractivity contribution in [2.24, 2.45) is 5.92 Å². The van der Waals surface area contributed by atoms with Crippen LogP contribution in [-0.2, 0) is 16.0 Å². The number of halogens is 2. The predicted molar refractivity (Wildman–Crippen MR) is 71.6 cm³/mol. The van der Waals surface area contributed by atoms with Crippen LogP contribution in [0.25, 0.3) is 0 Å². The van der Waals surface area contributed by atoms with E-state index < -0.39 is 17.6 Å². The predicted octanol–water partition coefficient (Wildman–Crippen LogP) is 2.22. The molecule has 1 saturated heterocycles. The maximum atomic E-state index is 13.5. The molecule has 0 aliphatic carbocycles. The van der Waals surface area contributed by atoms with Crippen LogP contribution in [-0.4, -0.2) is 35.0 Å². The summed E-state index contributed by atoms with van der Waals surface area (Å²) < 4.78 is 27.0. The normalized spacial score (nSPS) is 16.0. The largest absolute Gasteiger partial charge is 0.481 e. The molecule has 0 atom stereocenters. The Balaban J connectivity index is 1.92. The highest BCUT2D eigenvalue weighted by atomic mass is 19.1. The molecule has 1 heterocycles. The summed E-state index contributed by atoms with van der Waals surface area (Å²) in [4.78, 5) is 24.3. The summed E-state index contributed by atoms with van der Waals surface area (Å²) in [6.07, 6.45) is 1.02. The first-order valence-electron chi connectivity index (χ1n) is 6.90. The highest BCUT2D eigenvalue weighted by Gasteiger charge is 2.25. The summed E-state index contributed by atoms with van der Waals surface area (Å²) in [6.45, 7) is 0.875. The minimum absolute atomic E-state index is 0.0664. The zero-order valence-electron chi connectivity index (χ0n) is 11.5. The van der Waals surface area contributed by atoms with E-state index in [1.807, 2.05) is 0 Å². The molecular weight excluding hydrogens is 280 g/mol. The molecule has 1 aliphatic rings. The number of piperidine rings is 1. The van der Waals surface area contributed by atoms with Gasteiger partial charge in [-0.05, 0) is 30.9 Å². The number of carboxylic acid groups (broad SMARTS) is 1. The molecule has 6 heteroatoms. The number of carbonyl (C=O) groups excluding carboxylic acids is 1. The van der Waals surface area contributed by atoms with Crippen LogP contribution in [0.3, 0.4) is 0 Å². The van der Waals surface area contributed by atoms with Crippen molar-refractivity contribution in [3.05, 3.63) is 35.4 Å². The number of carbonyl (C=O) groups is 2. The van der Waals surface area contributed by atoms with Crippen LogP contribution in [0.5, 0.6) is 0 Å². The van der Waals surface area contributed by atoms with E-state index in [4.69, 9.17) is 5.11 Å². The summed E-state index contributed by atoms with van der Waals surface area (Å²) in [6, 6.07) is 3.52. The van der Waals surface area contributed by atoms with Gasteiger partial charge in [-0.25, -0.2) is 8.78 Å². The Bertz CT molecular complexity index is 519. The molecule has 0 aromatic heterocycles. The molecule has 1 amide bonds. The van der Waals surface area contributed by atoms with Gasteiger partial charge in [-0.1, -0.05) is 6.07 Å². The van der Waals surface area contributed by atoms with Gasteiger partial charge >= 0.3 is 5.97 Å². The second-order valence-corrected chi connectivity index (χ2v) is 5.30. The lowest BCUT2D eigenvalue weighted by Gasteiger charge is -2.31. The molecular formula is C15H17F2NO3. The van der Waals surface area contributed by atoms with E-state index in [1.54, 1.807) is 4.90 Å². The van der Waals surface area contributed by atoms with E-state index >= 15 is 0 Å². The fourth-order valence-electron chi connectivity index (χ4n) is 2.60. The van der Waals surface area contributed by atoms with Gasteiger partial charge in [-0.3, -0.25) is 9.59 Å². The second-order valence-electron chi connectivity index (χ2n) is 5.30. The van der Waals surface area contributed by atoms with E-state index in [-0.39, 0.29) is 30.2 Å². The van der Waals surface area contributed by atoms with Gasteiger partial charge < -0.3 is 10.0 Å². The molecule has 1 aromatic rings. The van der Waals surface area contributed by atoms with Gasteiger partial charge in [0.05, 0.1) is 6.42 Å². The highest BCUT2D eigenvalue weighted by Crippen LogP contribution is 2.22. The van der Waals surface area contributed by atoms with Crippen LogP contribution >= 0.6 is 0 Å². The van der Waals surface area contributed by atoms with E-state index in [0.29, 0.717) is 25.9 Å². The van der Waals surface area contributed by atoms with Gasteiger partial charge in [0, 0.05) is 25.1 Å². The van der Waals surface area contributed by atoms with Gasteiger partial charge in [-0.2, -0.15) is 0 Å². The number of nitrogens with zero attached hydrogens (tertiary/aromatic N) is 1. The van der Waals surface area contributed by atoms with Gasteiger partial charge in [0.25, 0.3) is 0 Å². The molecule has 0 radical (unpaired) electrons. The van der Waals surface area contributed by atoms with Crippen molar-refractivity contribution >= 4 is 11.9 Å². The van der Waals surface area contributed by atoms with Crippen molar-refractivity contribution in [3.63, 3.8) is 0 Å². The molecule has 0 saturated carbocycles. The Labute approximate surface area is 121 Å². The van der Waals surface area contributed by atoms with Crippen LogP contribution in [0.2, 0.25) is 0 Å². The Kier molecular flexibility index (Phi) is 4.88. The summed E-state index contributed by atoms with van der Waals surface area (Å²) >= 11 is 0. The lowest BCUT2D eigenvalue weighted by atomic mass is 9.93. The molecule has 4 nitrogen and oxygen atoms in total. The van der Waals surface area contributed by atoms with Crippen LogP contribution in [0, 0.1) is 17.6 Å². The number of benzene rings is 1. The zero-order valence-corrected chi connectivity index (χ0v) is 11.5. The van der Waals surface area contributed by atoms with E-state index in [0.717, 1.165) is 12.1 Å². The number of carboxylic acids is 1. The van der Waals surface area contributed by atoms with Gasteiger partial charge in [0.2, 0.25) is 5.91 Å². The molecule has 0 bridgehead atoms. The minimum Gasteiger partial charge on any atom is -0.481 e. The molecule has 0 unspecified atom stereocenters. The molecule has 21 heavy (non-hydrogen) atoms. The van der Waals surface area contributed by atoms with Crippen LogP contribution in [0.1, 0.15) is 24.8 Å². The van der Waals surface area contributed by atoms with E-state index in [1.165, 1.54) is 6.07 Å². The average molecular weight is 297 g/mol. The lowest BCUT2D eigenvalue weighted by Crippen LogP contribution is -2.39. The van der Waals surface area contributed by atoms with Gasteiger partial charge in [0.15, 0.2) is 0 Å². The molecule has 1 aliphatic heterocycles. The summed E-state index contributed by atoms with van der Waals surface area (Å²) in [5.41, 5.74) is -0.213. The minimum atomic E-state index is -0.840. The molecule has 114 valence electrons. The molecule has 2 rings (SSSR count). The van der Waals surface area contributed by atoms with Gasteiger partial charge in [-0.15, -0.1) is 0 Å². The maximum absolute atomic E-state index is 13.5. The number of hydrogen-bond donors (Lipinski definition) is 1. The number of likely N-dealkylation sites (tertiary alicyclic amines) is 1. The van der Waals surface area contributed by atoms with Crippen molar-refractivity contribution in [2.45, 2.75) is 25.7 Å². The lowest BCUT2D eigenvalue weighted by molar-refractivity contribution is -0.138. The summed E-state index contributed by atoms with van der Waals surface area (Å²) in [7, 11) is 0. The summed E-state index contributed by atoms with van der Waals surface area (Å²) in [5.74, 6) is -2.54. The number of amides is 1. The third-order valence-electron chi connectivity index (χ3n) is 3.82. The van der Waals surface area contributed by atoms with Crippen molar-refractivity contribution in [2.75, 3.05) is 13.1 Å². The fraction of sp³-hybridized carbons (Fsp3) is 0.467. The van der Waals surface area contributed by atoms with Crippen LogP contribution in [0.4, 0.5) is 8.78 Å². The Morgan fingerprint density at radius 3 is 2.29 bits per heavy atom. The average Bonchev–Trinajstić information content (AvgIpc) is 2.43. The molecule has 1 aromatic carbocycles. The van der Waals surface area contributed by atoms with Crippen molar-refractivity contribution in [1.82, 2.24) is 4.90 Å². The third kappa shape index (κ3) is 4.00. The topological polar surface area (TPSA) is 57.6 Å². The smallest absolute Gasteiger partial charge is 0.303 e. The second kappa shape index (κ2) is 6.65. The molecule has 1 fully saturated rings. The Hall–Kier alpha value is -1.98. The quantitative estimate of drug-likeness (QED) is 0.927. The standard InChI is InChI=1S/C15H17F2NO3/c16-12-2-1-3-13(17)11(12)9-14(19)18-6-4-10(5-7-18)8-15(20)21/h1-3,10H,4-9H2,(H,20,21). The zero-order chi connectivity index (χ0) is 15.4. The first-order chi connectivity index (χ1) is 9.97. The van der Waals surface area contributed by atoms with Crippen LogP contribution in [0.15, 0.2) is 18.2 Å². The fourth-order valence-corrected chi connectivity index (χ4v) is 2.60. The van der Waals surface area contributed by atoms with Crippen molar-refractivity contribution < 1.29 is 23.5 Å².